The van der Waals surface area contributed by atoms with Gasteiger partial charge in [0.15, 0.2) is 0 Å². The summed E-state index contributed by atoms with van der Waals surface area (Å²) in [5, 5.41) is 16.1. The van der Waals surface area contributed by atoms with Crippen LogP contribution in [0.1, 0.15) is 17.7 Å². The predicted molar refractivity (Wildman–Crippen MR) is 141 cm³/mol. The number of hydrogen-bond acceptors (Lipinski definition) is 7. The molecule has 0 aliphatic carbocycles. The second kappa shape index (κ2) is 9.13. The number of thiazole rings is 1. The second-order valence-corrected chi connectivity index (χ2v) is 9.26. The normalized spacial score (nSPS) is 13.4. The highest BCUT2D eigenvalue weighted by molar-refractivity contribution is 7.16. The Bertz CT molecular complexity index is 1660. The summed E-state index contributed by atoms with van der Waals surface area (Å²) < 4.78 is 1.11. The molecule has 2 aromatic carbocycles. The Kier molecular flexibility index (Phi) is 5.52. The number of benzene rings is 2. The van der Waals surface area contributed by atoms with Gasteiger partial charge in [0.1, 0.15) is 17.8 Å². The van der Waals surface area contributed by atoms with Crippen LogP contribution in [-0.4, -0.2) is 44.0 Å². The number of nitrogens with zero attached hydrogens (tertiary/aromatic N) is 5. The minimum Gasteiger partial charge on any atom is -0.340 e. The molecule has 176 valence electrons. The van der Waals surface area contributed by atoms with E-state index in [0.717, 1.165) is 44.0 Å². The monoisotopic (exact) mass is 492 g/mol. The number of nitriles is 1. The van der Waals surface area contributed by atoms with Crippen LogP contribution in [0.4, 0.5) is 22.0 Å². The number of nitrogens with one attached hydrogen (secondary N) is 3. The SMILES string of the molecule is N#Cc1ccc(NC(=O)N2CC=C(c3cc4c(Nc5ccc6ncsc6c5)ncnc4[nH]3)CC2)cc1. The highest BCUT2D eigenvalue weighted by atomic mass is 32.1. The number of carbonyl (C=O) groups is 1. The van der Waals surface area contributed by atoms with Crippen molar-refractivity contribution in [2.24, 2.45) is 0 Å². The minimum atomic E-state index is -0.165. The molecule has 0 saturated carbocycles. The fourth-order valence-corrected chi connectivity index (χ4v) is 4.93. The lowest BCUT2D eigenvalue weighted by atomic mass is 10.1. The number of fused-ring (bicyclic) bond motifs is 2. The van der Waals surface area contributed by atoms with Crippen molar-refractivity contribution in [3.63, 3.8) is 0 Å². The molecule has 4 heterocycles. The Morgan fingerprint density at radius 3 is 2.75 bits per heavy atom. The molecule has 0 spiro atoms. The smallest absolute Gasteiger partial charge is 0.322 e. The summed E-state index contributed by atoms with van der Waals surface area (Å²) in [6.45, 7) is 1.09. The minimum absolute atomic E-state index is 0.165. The van der Waals surface area contributed by atoms with Gasteiger partial charge in [-0.15, -0.1) is 11.3 Å². The lowest BCUT2D eigenvalue weighted by Crippen LogP contribution is -2.37. The maximum Gasteiger partial charge on any atom is 0.322 e. The van der Waals surface area contributed by atoms with Crippen molar-refractivity contribution in [3.8, 4) is 6.07 Å². The average molecular weight is 493 g/mol. The van der Waals surface area contributed by atoms with Crippen LogP contribution in [0.2, 0.25) is 0 Å². The summed E-state index contributed by atoms with van der Waals surface area (Å²) in [7, 11) is 0. The summed E-state index contributed by atoms with van der Waals surface area (Å²) in [5.74, 6) is 0.728. The third-order valence-corrected chi connectivity index (χ3v) is 6.92. The van der Waals surface area contributed by atoms with E-state index in [1.165, 1.54) is 0 Å². The van der Waals surface area contributed by atoms with Crippen LogP contribution in [0.3, 0.4) is 0 Å². The molecule has 0 fully saturated rings. The molecule has 9 nitrogen and oxygen atoms in total. The molecule has 1 aliphatic heterocycles. The van der Waals surface area contributed by atoms with Crippen molar-refractivity contribution in [3.05, 3.63) is 77.7 Å². The first-order chi connectivity index (χ1) is 17.7. The first-order valence-electron chi connectivity index (χ1n) is 11.4. The number of aromatic amines is 1. The maximum absolute atomic E-state index is 12.7. The van der Waals surface area contributed by atoms with Crippen molar-refractivity contribution in [2.75, 3.05) is 23.7 Å². The molecule has 6 rings (SSSR count). The van der Waals surface area contributed by atoms with E-state index < -0.39 is 0 Å². The number of urea groups is 1. The van der Waals surface area contributed by atoms with Crippen LogP contribution < -0.4 is 10.6 Å². The second-order valence-electron chi connectivity index (χ2n) is 8.37. The molecule has 3 aromatic heterocycles. The number of carbonyl (C=O) groups excluding carboxylic acids is 1. The third kappa shape index (κ3) is 4.23. The van der Waals surface area contributed by atoms with Gasteiger partial charge >= 0.3 is 6.03 Å². The molecular formula is C26H20N8OS. The zero-order valence-electron chi connectivity index (χ0n) is 19.0. The van der Waals surface area contributed by atoms with Crippen molar-refractivity contribution < 1.29 is 4.79 Å². The summed E-state index contributed by atoms with van der Waals surface area (Å²) >= 11 is 1.60. The fourth-order valence-electron chi connectivity index (χ4n) is 4.21. The van der Waals surface area contributed by atoms with Gasteiger partial charge in [-0.3, -0.25) is 0 Å². The average Bonchev–Trinajstić information content (AvgIpc) is 3.57. The highest BCUT2D eigenvalue weighted by Crippen LogP contribution is 2.30. The van der Waals surface area contributed by atoms with E-state index in [0.29, 0.717) is 30.8 Å². The van der Waals surface area contributed by atoms with Crippen LogP contribution >= 0.6 is 11.3 Å². The molecule has 1 aliphatic rings. The molecule has 0 bridgehead atoms. The molecule has 2 amide bonds. The van der Waals surface area contributed by atoms with E-state index in [1.807, 2.05) is 17.6 Å². The zero-order chi connectivity index (χ0) is 24.5. The van der Waals surface area contributed by atoms with E-state index in [-0.39, 0.29) is 6.03 Å². The first-order valence-corrected chi connectivity index (χ1v) is 12.2. The standard InChI is InChI=1S/C26H20N8OS/c27-13-16-1-3-18(4-2-16)32-26(35)34-9-7-17(8-10-34)22-12-20-24(28-14-29-25(20)33-22)31-19-5-6-21-23(11-19)36-15-30-21/h1-7,11-12,14-15H,8-10H2,(H,32,35)(H2,28,29,31,33). The van der Waals surface area contributed by atoms with Gasteiger partial charge in [0, 0.05) is 30.2 Å². The molecule has 0 unspecified atom stereocenters. The molecule has 5 aromatic rings. The zero-order valence-corrected chi connectivity index (χ0v) is 19.8. The number of H-pyrrole nitrogens is 1. The summed E-state index contributed by atoms with van der Waals surface area (Å²) in [4.78, 5) is 31.0. The lowest BCUT2D eigenvalue weighted by molar-refractivity contribution is 0.217. The molecule has 36 heavy (non-hydrogen) atoms. The van der Waals surface area contributed by atoms with Crippen molar-refractivity contribution in [1.82, 2.24) is 24.8 Å². The molecular weight excluding hydrogens is 472 g/mol. The van der Waals surface area contributed by atoms with Gasteiger partial charge in [-0.2, -0.15) is 5.26 Å². The van der Waals surface area contributed by atoms with Gasteiger partial charge in [-0.1, -0.05) is 6.08 Å². The van der Waals surface area contributed by atoms with Crippen LogP contribution in [0, 0.1) is 11.3 Å². The van der Waals surface area contributed by atoms with Crippen molar-refractivity contribution in [1.29, 1.82) is 5.26 Å². The molecule has 3 N–H and O–H groups in total. The van der Waals surface area contributed by atoms with E-state index in [2.05, 4.69) is 54.8 Å². The van der Waals surface area contributed by atoms with Crippen LogP contribution in [0.15, 0.2) is 66.4 Å². The summed E-state index contributed by atoms with van der Waals surface area (Å²) in [5.41, 5.74) is 7.83. The fraction of sp³-hybridized carbons (Fsp3) is 0.115. The van der Waals surface area contributed by atoms with Crippen molar-refractivity contribution >= 4 is 61.4 Å². The Hall–Kier alpha value is -4.75. The number of rotatable bonds is 4. The lowest BCUT2D eigenvalue weighted by Gasteiger charge is -2.26. The predicted octanol–water partition coefficient (Wildman–Crippen LogP) is 5.50. The highest BCUT2D eigenvalue weighted by Gasteiger charge is 2.20. The van der Waals surface area contributed by atoms with Crippen molar-refractivity contribution in [2.45, 2.75) is 6.42 Å². The molecule has 0 radical (unpaired) electrons. The largest absolute Gasteiger partial charge is 0.340 e. The molecule has 0 atom stereocenters. The molecule has 10 heteroatoms. The van der Waals surface area contributed by atoms with Gasteiger partial charge in [0.2, 0.25) is 0 Å². The van der Waals surface area contributed by atoms with E-state index in [9.17, 15) is 4.79 Å². The summed E-state index contributed by atoms with van der Waals surface area (Å²) in [6, 6.07) is 16.8. The van der Waals surface area contributed by atoms with Gasteiger partial charge in [-0.05, 0) is 60.5 Å². The number of anilines is 3. The number of hydrogen-bond donors (Lipinski definition) is 3. The quantitative estimate of drug-likeness (QED) is 0.304. The third-order valence-electron chi connectivity index (χ3n) is 6.13. The van der Waals surface area contributed by atoms with E-state index in [1.54, 1.807) is 46.8 Å². The topological polar surface area (TPSA) is 123 Å². The van der Waals surface area contributed by atoms with Gasteiger partial charge in [-0.25, -0.2) is 19.7 Å². The molecule has 0 saturated heterocycles. The Labute approximate surface area is 210 Å². The van der Waals surface area contributed by atoms with E-state index in [4.69, 9.17) is 5.26 Å². The van der Waals surface area contributed by atoms with E-state index >= 15 is 0 Å². The van der Waals surface area contributed by atoms with Gasteiger partial charge < -0.3 is 20.5 Å². The summed E-state index contributed by atoms with van der Waals surface area (Å²) in [6.07, 6.45) is 4.32. The van der Waals surface area contributed by atoms with Gasteiger partial charge in [0.05, 0.1) is 32.7 Å². The van der Waals surface area contributed by atoms with Crippen LogP contribution in [0.5, 0.6) is 0 Å². The Morgan fingerprint density at radius 1 is 1.08 bits per heavy atom. The number of amides is 2. The van der Waals surface area contributed by atoms with Crippen LogP contribution in [0.25, 0.3) is 26.8 Å². The number of aromatic nitrogens is 4. The van der Waals surface area contributed by atoms with Gasteiger partial charge in [0.25, 0.3) is 0 Å². The maximum atomic E-state index is 12.7. The Balaban J connectivity index is 1.17. The first kappa shape index (κ1) is 21.8. The van der Waals surface area contributed by atoms with Crippen LogP contribution in [-0.2, 0) is 0 Å². The Morgan fingerprint density at radius 2 is 1.94 bits per heavy atom.